The van der Waals surface area contributed by atoms with Crippen molar-refractivity contribution < 1.29 is 18.4 Å². The molecule has 1 rings (SSSR count). The number of halogens is 2. The number of hydrogen-bond donors (Lipinski definition) is 0. The lowest BCUT2D eigenvalue weighted by atomic mass is 10.0. The number of carbonyl (C=O) groups is 2. The minimum Gasteiger partial charge on any atom is -0.303 e. The maximum Gasteiger partial charge on any atom is 0.264 e. The van der Waals surface area contributed by atoms with E-state index in [0.717, 1.165) is 0 Å². The molecule has 0 atom stereocenters. The van der Waals surface area contributed by atoms with Crippen molar-refractivity contribution >= 4 is 12.6 Å². The Balaban J connectivity index is 3.04. The molecule has 0 aliphatic heterocycles. The molecule has 1 aromatic rings. The average Bonchev–Trinajstić information content (AvgIpc) is 2.25. The van der Waals surface area contributed by atoms with Crippen LogP contribution in [0.3, 0.4) is 0 Å². The zero-order chi connectivity index (χ0) is 11.3. The zero-order valence-corrected chi connectivity index (χ0v) is 7.95. The molecule has 0 radical (unpaired) electrons. The van der Waals surface area contributed by atoms with Crippen molar-refractivity contribution in [2.45, 2.75) is 19.3 Å². The predicted molar refractivity (Wildman–Crippen MR) is 51.2 cm³/mol. The first-order chi connectivity index (χ1) is 7.19. The molecular formula is C11H10F2O2. The minimum atomic E-state index is -2.58. The van der Waals surface area contributed by atoms with Gasteiger partial charge >= 0.3 is 0 Å². The van der Waals surface area contributed by atoms with Gasteiger partial charge in [-0.3, -0.25) is 4.79 Å². The van der Waals surface area contributed by atoms with E-state index in [4.69, 9.17) is 0 Å². The fourth-order valence-electron chi connectivity index (χ4n) is 1.34. The van der Waals surface area contributed by atoms with Gasteiger partial charge < -0.3 is 4.79 Å². The van der Waals surface area contributed by atoms with Crippen molar-refractivity contribution in [1.82, 2.24) is 0 Å². The van der Waals surface area contributed by atoms with Gasteiger partial charge in [0.05, 0.1) is 0 Å². The lowest BCUT2D eigenvalue weighted by Crippen LogP contribution is -1.97. The van der Waals surface area contributed by atoms with E-state index in [9.17, 15) is 18.4 Å². The number of alkyl halides is 2. The van der Waals surface area contributed by atoms with Gasteiger partial charge in [0.15, 0.2) is 0 Å². The summed E-state index contributed by atoms with van der Waals surface area (Å²) in [5.74, 6) is 0. The van der Waals surface area contributed by atoms with Crippen LogP contribution in [-0.4, -0.2) is 12.6 Å². The topological polar surface area (TPSA) is 34.1 Å². The van der Waals surface area contributed by atoms with E-state index >= 15 is 0 Å². The first-order valence-corrected chi connectivity index (χ1v) is 4.49. The summed E-state index contributed by atoms with van der Waals surface area (Å²) >= 11 is 0. The highest BCUT2D eigenvalue weighted by Gasteiger charge is 2.12. The van der Waals surface area contributed by atoms with E-state index in [-0.39, 0.29) is 18.4 Å². The molecule has 1 aromatic carbocycles. The van der Waals surface area contributed by atoms with Crippen molar-refractivity contribution in [3.05, 3.63) is 34.9 Å². The summed E-state index contributed by atoms with van der Waals surface area (Å²) < 4.78 is 25.0. The van der Waals surface area contributed by atoms with E-state index in [1.807, 2.05) is 0 Å². The number of benzene rings is 1. The quantitative estimate of drug-likeness (QED) is 0.703. The van der Waals surface area contributed by atoms with Crippen LogP contribution >= 0.6 is 0 Å². The fourth-order valence-corrected chi connectivity index (χ4v) is 1.34. The van der Waals surface area contributed by atoms with Gasteiger partial charge in [0.1, 0.15) is 12.6 Å². The molecule has 0 aliphatic carbocycles. The molecule has 0 heterocycles. The number of aryl methyl sites for hydroxylation is 1. The van der Waals surface area contributed by atoms with E-state index in [1.54, 1.807) is 0 Å². The van der Waals surface area contributed by atoms with E-state index in [0.29, 0.717) is 23.7 Å². The Morgan fingerprint density at radius 3 is 2.53 bits per heavy atom. The summed E-state index contributed by atoms with van der Waals surface area (Å²) in [6.45, 7) is 0. The van der Waals surface area contributed by atoms with Crippen LogP contribution in [0.2, 0.25) is 0 Å². The second kappa shape index (κ2) is 5.34. The predicted octanol–water partition coefficient (Wildman–Crippen LogP) is 2.57. The molecule has 80 valence electrons. The Bertz CT molecular complexity index is 362. The maximum atomic E-state index is 12.5. The highest BCUT2D eigenvalue weighted by atomic mass is 19.3. The maximum absolute atomic E-state index is 12.5. The Hall–Kier alpha value is -1.58. The number of rotatable bonds is 5. The number of carbonyl (C=O) groups excluding carboxylic acids is 2. The highest BCUT2D eigenvalue weighted by Crippen LogP contribution is 2.24. The summed E-state index contributed by atoms with van der Waals surface area (Å²) in [4.78, 5) is 20.6. The Morgan fingerprint density at radius 2 is 2.00 bits per heavy atom. The fraction of sp³-hybridized carbons (Fsp3) is 0.273. The van der Waals surface area contributed by atoms with E-state index < -0.39 is 6.43 Å². The lowest BCUT2D eigenvalue weighted by molar-refractivity contribution is -0.107. The van der Waals surface area contributed by atoms with Crippen LogP contribution in [0.25, 0.3) is 0 Å². The molecule has 0 saturated heterocycles. The highest BCUT2D eigenvalue weighted by molar-refractivity contribution is 5.75. The van der Waals surface area contributed by atoms with Crippen LogP contribution in [0.4, 0.5) is 8.78 Å². The smallest absolute Gasteiger partial charge is 0.264 e. The normalized spacial score (nSPS) is 10.3. The van der Waals surface area contributed by atoms with Crippen molar-refractivity contribution in [1.29, 1.82) is 0 Å². The molecule has 0 amide bonds. The first kappa shape index (κ1) is 11.5. The molecule has 0 saturated carbocycles. The number of aldehydes is 2. The molecule has 2 nitrogen and oxygen atoms in total. The monoisotopic (exact) mass is 212 g/mol. The van der Waals surface area contributed by atoms with Gasteiger partial charge in [-0.05, 0) is 18.1 Å². The average molecular weight is 212 g/mol. The molecule has 15 heavy (non-hydrogen) atoms. The lowest BCUT2D eigenvalue weighted by Gasteiger charge is -2.07. The molecule has 0 aliphatic rings. The van der Waals surface area contributed by atoms with Crippen LogP contribution in [-0.2, 0) is 11.2 Å². The molecule has 0 N–H and O–H groups in total. The molecule has 0 aromatic heterocycles. The van der Waals surface area contributed by atoms with Crippen molar-refractivity contribution in [2.24, 2.45) is 0 Å². The van der Waals surface area contributed by atoms with Crippen LogP contribution in [0, 0.1) is 0 Å². The molecule has 0 bridgehead atoms. The van der Waals surface area contributed by atoms with Crippen molar-refractivity contribution in [3.8, 4) is 0 Å². The second-order valence-electron chi connectivity index (χ2n) is 3.08. The summed E-state index contributed by atoms with van der Waals surface area (Å²) in [5, 5.41) is 0. The van der Waals surface area contributed by atoms with E-state index in [1.165, 1.54) is 18.2 Å². The van der Waals surface area contributed by atoms with Gasteiger partial charge in [-0.15, -0.1) is 0 Å². The molecule has 0 spiro atoms. The van der Waals surface area contributed by atoms with Crippen LogP contribution in [0.15, 0.2) is 18.2 Å². The van der Waals surface area contributed by atoms with Crippen LogP contribution in [0.5, 0.6) is 0 Å². The zero-order valence-electron chi connectivity index (χ0n) is 7.95. The Morgan fingerprint density at radius 1 is 1.27 bits per heavy atom. The molecule has 0 unspecified atom stereocenters. The molecule has 4 heteroatoms. The summed E-state index contributed by atoms with van der Waals surface area (Å²) in [6.07, 6.45) is -0.887. The summed E-state index contributed by atoms with van der Waals surface area (Å²) in [7, 11) is 0. The van der Waals surface area contributed by atoms with Crippen LogP contribution < -0.4 is 0 Å². The summed E-state index contributed by atoms with van der Waals surface area (Å²) in [6, 6.07) is 3.98. The third-order valence-electron chi connectivity index (χ3n) is 2.07. The van der Waals surface area contributed by atoms with Crippen molar-refractivity contribution in [2.75, 3.05) is 0 Å². The minimum absolute atomic E-state index is 0.109. The van der Waals surface area contributed by atoms with E-state index in [2.05, 4.69) is 0 Å². The summed E-state index contributed by atoms with van der Waals surface area (Å²) in [5.41, 5.74) is 0.601. The number of hydrogen-bond acceptors (Lipinski definition) is 2. The standard InChI is InChI=1S/C11H10F2O2/c12-11(13)10-4-3-8(7-15)6-9(10)2-1-5-14/h3-7,11H,1-2H2. The van der Waals surface area contributed by atoms with Crippen molar-refractivity contribution in [3.63, 3.8) is 0 Å². The second-order valence-corrected chi connectivity index (χ2v) is 3.08. The largest absolute Gasteiger partial charge is 0.303 e. The van der Waals surface area contributed by atoms with Gasteiger partial charge in [0.2, 0.25) is 0 Å². The third kappa shape index (κ3) is 2.94. The first-order valence-electron chi connectivity index (χ1n) is 4.49. The van der Waals surface area contributed by atoms with Crippen LogP contribution in [0.1, 0.15) is 34.3 Å². The van der Waals surface area contributed by atoms with Gasteiger partial charge in [0.25, 0.3) is 6.43 Å². The Labute approximate surface area is 85.9 Å². The van der Waals surface area contributed by atoms with Gasteiger partial charge in [-0.1, -0.05) is 12.1 Å². The third-order valence-corrected chi connectivity index (χ3v) is 2.07. The van der Waals surface area contributed by atoms with Gasteiger partial charge in [-0.25, -0.2) is 8.78 Å². The van der Waals surface area contributed by atoms with Gasteiger partial charge in [0, 0.05) is 17.5 Å². The molecular weight excluding hydrogens is 202 g/mol. The molecule has 0 fully saturated rings. The van der Waals surface area contributed by atoms with Gasteiger partial charge in [-0.2, -0.15) is 0 Å². The SMILES string of the molecule is O=CCCc1cc(C=O)ccc1C(F)F. The Kier molecular flexibility index (Phi) is 4.09.